The van der Waals surface area contributed by atoms with E-state index in [9.17, 15) is 0 Å². The van der Waals surface area contributed by atoms with Crippen molar-refractivity contribution < 1.29 is 0 Å². The Morgan fingerprint density at radius 2 is 1.00 bits per heavy atom. The van der Waals surface area contributed by atoms with Crippen molar-refractivity contribution in [2.75, 3.05) is 0 Å². The lowest BCUT2D eigenvalue weighted by atomic mass is 10.2. The first-order valence-corrected chi connectivity index (χ1v) is 11.8. The molecule has 2 atom stereocenters. The fourth-order valence-corrected chi connectivity index (χ4v) is 5.24. The Morgan fingerprint density at radius 3 is 1.30 bits per heavy atom. The van der Waals surface area contributed by atoms with Crippen LogP contribution in [0.1, 0.15) is 25.0 Å². The highest BCUT2D eigenvalue weighted by atomic mass is 35.5. The summed E-state index contributed by atoms with van der Waals surface area (Å²) in [6, 6.07) is 11.1. The minimum absolute atomic E-state index is 0. The highest BCUT2D eigenvalue weighted by Crippen LogP contribution is 2.31. The fraction of sp³-hybridized carbons (Fsp3) is 0.333. The molecule has 0 bridgehead atoms. The van der Waals surface area contributed by atoms with Gasteiger partial charge in [0.2, 0.25) is 0 Å². The first kappa shape index (κ1) is 25.5. The zero-order chi connectivity index (χ0) is 19.1. The van der Waals surface area contributed by atoms with Crippen LogP contribution in [-0.2, 0) is 13.1 Å². The topological polar surface area (TPSA) is 24.1 Å². The molecule has 0 aliphatic heterocycles. The molecule has 0 saturated carbocycles. The van der Waals surface area contributed by atoms with E-state index in [0.29, 0.717) is 33.2 Å². The van der Waals surface area contributed by atoms with E-state index < -0.39 is 0 Å². The second-order valence-electron chi connectivity index (χ2n) is 5.64. The lowest BCUT2D eigenvalue weighted by Crippen LogP contribution is -2.25. The van der Waals surface area contributed by atoms with Crippen molar-refractivity contribution in [1.82, 2.24) is 10.6 Å². The van der Waals surface area contributed by atoms with Crippen LogP contribution in [0.3, 0.4) is 0 Å². The van der Waals surface area contributed by atoms with Gasteiger partial charge in [-0.15, -0.1) is 12.4 Å². The summed E-state index contributed by atoms with van der Waals surface area (Å²) in [6.07, 6.45) is 0. The Kier molecular flexibility index (Phi) is 12.2. The molecule has 2 unspecified atom stereocenters. The first-order chi connectivity index (χ1) is 12.4. The van der Waals surface area contributed by atoms with Gasteiger partial charge in [-0.1, -0.05) is 80.1 Å². The van der Waals surface area contributed by atoms with Crippen LogP contribution in [0.4, 0.5) is 0 Å². The molecule has 0 amide bonds. The summed E-state index contributed by atoms with van der Waals surface area (Å²) in [5.74, 6) is 0. The molecule has 0 radical (unpaired) electrons. The smallest absolute Gasteiger partial charge is 0.0611 e. The van der Waals surface area contributed by atoms with Crippen molar-refractivity contribution in [3.8, 4) is 0 Å². The second kappa shape index (κ2) is 12.9. The van der Waals surface area contributed by atoms with Crippen molar-refractivity contribution in [2.24, 2.45) is 0 Å². The maximum absolute atomic E-state index is 6.20. The normalized spacial score (nSPS) is 13.1. The van der Waals surface area contributed by atoms with Crippen molar-refractivity contribution in [3.05, 3.63) is 67.6 Å². The largest absolute Gasteiger partial charge is 0.301 e. The van der Waals surface area contributed by atoms with Gasteiger partial charge in [-0.2, -0.15) is 0 Å². The number of hydrogen-bond donors (Lipinski definition) is 2. The van der Waals surface area contributed by atoms with Gasteiger partial charge >= 0.3 is 0 Å². The number of rotatable bonds is 9. The van der Waals surface area contributed by atoms with E-state index in [1.54, 1.807) is 21.6 Å². The highest BCUT2D eigenvalue weighted by Gasteiger charge is 2.11. The average Bonchev–Trinajstić information content (AvgIpc) is 2.59. The summed E-state index contributed by atoms with van der Waals surface area (Å²) in [5, 5.41) is 10.1. The number of benzene rings is 2. The van der Waals surface area contributed by atoms with Gasteiger partial charge in [0.25, 0.3) is 0 Å². The fourth-order valence-electron chi connectivity index (χ4n) is 2.13. The maximum atomic E-state index is 6.20. The van der Waals surface area contributed by atoms with E-state index in [2.05, 4.69) is 24.5 Å². The Labute approximate surface area is 195 Å². The predicted octanol–water partition coefficient (Wildman–Crippen LogP) is 7.67. The zero-order valence-corrected chi connectivity index (χ0v) is 20.2. The van der Waals surface area contributed by atoms with E-state index in [-0.39, 0.29) is 23.2 Å². The SMILES string of the molecule is CC(NCc1c(Cl)cccc1Cl)SSC(C)NCc1c(Cl)cccc1Cl.Cl. The highest BCUT2D eigenvalue weighted by molar-refractivity contribution is 8.77. The van der Waals surface area contributed by atoms with Gasteiger partial charge < -0.3 is 10.6 Å². The minimum Gasteiger partial charge on any atom is -0.301 e. The minimum atomic E-state index is 0. The van der Waals surface area contributed by atoms with Crippen LogP contribution in [0.5, 0.6) is 0 Å². The molecule has 2 rings (SSSR count). The Morgan fingerprint density at radius 1 is 0.704 bits per heavy atom. The Balaban J connectivity index is 0.00000364. The molecular weight excluding hydrogens is 486 g/mol. The first-order valence-electron chi connectivity index (χ1n) is 8.03. The van der Waals surface area contributed by atoms with Crippen LogP contribution in [0, 0.1) is 0 Å². The molecule has 0 aliphatic carbocycles. The quantitative estimate of drug-likeness (QED) is 0.269. The monoisotopic (exact) mass is 504 g/mol. The molecule has 27 heavy (non-hydrogen) atoms. The molecule has 0 aliphatic rings. The molecule has 2 nitrogen and oxygen atoms in total. The zero-order valence-electron chi connectivity index (χ0n) is 14.8. The van der Waals surface area contributed by atoms with Crippen LogP contribution in [0.15, 0.2) is 36.4 Å². The number of hydrogen-bond acceptors (Lipinski definition) is 4. The molecule has 150 valence electrons. The molecule has 0 heterocycles. The van der Waals surface area contributed by atoms with Crippen LogP contribution < -0.4 is 10.6 Å². The van der Waals surface area contributed by atoms with Gasteiger partial charge in [-0.25, -0.2) is 0 Å². The van der Waals surface area contributed by atoms with Gasteiger partial charge in [-0.05, 0) is 38.1 Å². The molecule has 2 aromatic rings. The lowest BCUT2D eigenvalue weighted by molar-refractivity contribution is 0.686. The Hall–Kier alpha value is 0.510. The van der Waals surface area contributed by atoms with Gasteiger partial charge in [-0.3, -0.25) is 0 Å². The number of halogens is 5. The van der Waals surface area contributed by atoms with E-state index in [1.165, 1.54) is 0 Å². The second-order valence-corrected chi connectivity index (χ2v) is 10.2. The van der Waals surface area contributed by atoms with E-state index in [4.69, 9.17) is 46.4 Å². The van der Waals surface area contributed by atoms with Crippen molar-refractivity contribution >= 4 is 80.4 Å². The van der Waals surface area contributed by atoms with Crippen molar-refractivity contribution in [3.63, 3.8) is 0 Å². The number of nitrogens with one attached hydrogen (secondary N) is 2. The molecule has 2 N–H and O–H groups in total. The molecular formula is C18H21Cl5N2S2. The standard InChI is InChI=1S/C18H20Cl4N2S2.ClH/c1-11(23-9-13-15(19)5-3-6-16(13)20)25-26-12(2)24-10-14-17(21)7-4-8-18(14)22;/h3-8,11-12,23-24H,9-10H2,1-2H3;1H. The van der Waals surface area contributed by atoms with Gasteiger partial charge in [0.1, 0.15) is 0 Å². The van der Waals surface area contributed by atoms with Crippen LogP contribution in [0.25, 0.3) is 0 Å². The average molecular weight is 507 g/mol. The Bertz CT molecular complexity index is 631. The van der Waals surface area contributed by atoms with E-state index in [1.807, 2.05) is 36.4 Å². The lowest BCUT2D eigenvalue weighted by Gasteiger charge is -2.18. The third-order valence-electron chi connectivity index (χ3n) is 3.60. The molecule has 0 spiro atoms. The third kappa shape index (κ3) is 8.41. The summed E-state index contributed by atoms with van der Waals surface area (Å²) in [7, 11) is 3.50. The van der Waals surface area contributed by atoms with E-state index >= 15 is 0 Å². The van der Waals surface area contributed by atoms with Gasteiger partial charge in [0, 0.05) is 44.3 Å². The van der Waals surface area contributed by atoms with Crippen LogP contribution in [-0.4, -0.2) is 10.7 Å². The summed E-state index contributed by atoms with van der Waals surface area (Å²) >= 11 is 24.8. The van der Waals surface area contributed by atoms with Crippen molar-refractivity contribution in [1.29, 1.82) is 0 Å². The molecule has 0 fully saturated rings. The summed E-state index contributed by atoms with van der Waals surface area (Å²) < 4.78 is 0. The van der Waals surface area contributed by atoms with E-state index in [0.717, 1.165) is 11.1 Å². The summed E-state index contributed by atoms with van der Waals surface area (Å²) in [5.41, 5.74) is 1.85. The summed E-state index contributed by atoms with van der Waals surface area (Å²) in [6.45, 7) is 5.48. The summed E-state index contributed by atoms with van der Waals surface area (Å²) in [4.78, 5) is 0. The molecule has 0 saturated heterocycles. The molecule has 9 heteroatoms. The maximum Gasteiger partial charge on any atom is 0.0611 e. The van der Waals surface area contributed by atoms with Crippen LogP contribution >= 0.6 is 80.4 Å². The van der Waals surface area contributed by atoms with Gasteiger partial charge in [0.05, 0.1) is 10.7 Å². The van der Waals surface area contributed by atoms with Gasteiger partial charge in [0.15, 0.2) is 0 Å². The predicted molar refractivity (Wildman–Crippen MR) is 128 cm³/mol. The van der Waals surface area contributed by atoms with Crippen LogP contribution in [0.2, 0.25) is 20.1 Å². The van der Waals surface area contributed by atoms with Crippen molar-refractivity contribution in [2.45, 2.75) is 37.7 Å². The molecule has 2 aromatic carbocycles. The third-order valence-corrected chi connectivity index (χ3v) is 8.10. The molecule has 0 aromatic heterocycles.